The van der Waals surface area contributed by atoms with Crippen LogP contribution in [0.3, 0.4) is 0 Å². The summed E-state index contributed by atoms with van der Waals surface area (Å²) in [5, 5.41) is 0. The quantitative estimate of drug-likeness (QED) is 0.671. The number of ether oxygens (including phenoxy) is 1. The van der Waals surface area contributed by atoms with E-state index in [0.717, 1.165) is 17.8 Å². The molecule has 0 unspecified atom stereocenters. The van der Waals surface area contributed by atoms with Crippen molar-refractivity contribution in [3.8, 4) is 0 Å². The van der Waals surface area contributed by atoms with Gasteiger partial charge in [-0.3, -0.25) is 0 Å². The molecular formula is C11H15NO. The average molecular weight is 177 g/mol. The van der Waals surface area contributed by atoms with Crippen molar-refractivity contribution in [3.63, 3.8) is 0 Å². The molecule has 2 N–H and O–H groups in total. The number of allylic oxidation sites excluding steroid dienone is 2. The molecule has 70 valence electrons. The first-order chi connectivity index (χ1) is 6.27. The van der Waals surface area contributed by atoms with Crippen molar-refractivity contribution in [2.24, 2.45) is 5.73 Å². The molecule has 1 aliphatic carbocycles. The van der Waals surface area contributed by atoms with Crippen molar-refractivity contribution in [2.75, 3.05) is 0 Å². The average Bonchev–Trinajstić information content (AvgIpc) is 2.16. The lowest BCUT2D eigenvalue weighted by Gasteiger charge is -2.13. The van der Waals surface area contributed by atoms with Crippen molar-refractivity contribution < 1.29 is 4.74 Å². The van der Waals surface area contributed by atoms with E-state index in [-0.39, 0.29) is 6.04 Å². The van der Waals surface area contributed by atoms with E-state index >= 15 is 0 Å². The monoisotopic (exact) mass is 177 g/mol. The SMILES string of the molecule is C=CO/C(=C\C)C1=CC[C@@H](N)C=C1. The van der Waals surface area contributed by atoms with Gasteiger partial charge in [-0.2, -0.15) is 0 Å². The molecule has 2 nitrogen and oxygen atoms in total. The van der Waals surface area contributed by atoms with Crippen LogP contribution < -0.4 is 5.73 Å². The van der Waals surface area contributed by atoms with Gasteiger partial charge in [0.2, 0.25) is 0 Å². The van der Waals surface area contributed by atoms with Gasteiger partial charge in [0.15, 0.2) is 0 Å². The smallest absolute Gasteiger partial charge is 0.129 e. The van der Waals surface area contributed by atoms with E-state index in [2.05, 4.69) is 12.7 Å². The highest BCUT2D eigenvalue weighted by Crippen LogP contribution is 2.18. The van der Waals surface area contributed by atoms with Gasteiger partial charge in [-0.25, -0.2) is 0 Å². The highest BCUT2D eigenvalue weighted by atomic mass is 16.5. The maximum atomic E-state index is 5.70. The zero-order chi connectivity index (χ0) is 9.68. The minimum absolute atomic E-state index is 0.144. The Morgan fingerprint density at radius 1 is 1.77 bits per heavy atom. The lowest BCUT2D eigenvalue weighted by molar-refractivity contribution is 0.363. The molecule has 0 heterocycles. The summed E-state index contributed by atoms with van der Waals surface area (Å²) in [6.07, 6.45) is 10.2. The van der Waals surface area contributed by atoms with Gasteiger partial charge in [0, 0.05) is 11.6 Å². The summed E-state index contributed by atoms with van der Waals surface area (Å²) in [5.41, 5.74) is 6.77. The predicted molar refractivity (Wildman–Crippen MR) is 54.9 cm³/mol. The zero-order valence-corrected chi connectivity index (χ0v) is 7.86. The molecule has 0 radical (unpaired) electrons. The van der Waals surface area contributed by atoms with Gasteiger partial charge in [-0.1, -0.05) is 24.8 Å². The molecule has 0 aromatic carbocycles. The summed E-state index contributed by atoms with van der Waals surface area (Å²) in [5.74, 6) is 0.832. The van der Waals surface area contributed by atoms with Gasteiger partial charge >= 0.3 is 0 Å². The first-order valence-electron chi connectivity index (χ1n) is 4.36. The van der Waals surface area contributed by atoms with Gasteiger partial charge in [-0.15, -0.1) is 0 Å². The molecule has 1 aliphatic rings. The van der Waals surface area contributed by atoms with Crippen LogP contribution in [0.1, 0.15) is 13.3 Å². The minimum atomic E-state index is 0.144. The van der Waals surface area contributed by atoms with Crippen LogP contribution in [0.4, 0.5) is 0 Å². The number of nitrogens with two attached hydrogens (primary N) is 1. The highest BCUT2D eigenvalue weighted by molar-refractivity contribution is 5.39. The topological polar surface area (TPSA) is 35.2 Å². The van der Waals surface area contributed by atoms with Crippen molar-refractivity contribution in [1.82, 2.24) is 0 Å². The Morgan fingerprint density at radius 3 is 3.00 bits per heavy atom. The Morgan fingerprint density at radius 2 is 2.54 bits per heavy atom. The van der Waals surface area contributed by atoms with Crippen molar-refractivity contribution in [3.05, 3.63) is 48.5 Å². The van der Waals surface area contributed by atoms with Crippen LogP contribution >= 0.6 is 0 Å². The summed E-state index contributed by atoms with van der Waals surface area (Å²) in [4.78, 5) is 0. The first kappa shape index (κ1) is 9.81. The summed E-state index contributed by atoms with van der Waals surface area (Å²) in [6.45, 7) is 5.45. The molecule has 0 aromatic heterocycles. The van der Waals surface area contributed by atoms with Crippen LogP contribution in [0.25, 0.3) is 0 Å². The van der Waals surface area contributed by atoms with Crippen LogP contribution in [-0.4, -0.2) is 6.04 Å². The molecule has 0 bridgehead atoms. The van der Waals surface area contributed by atoms with Gasteiger partial charge < -0.3 is 10.5 Å². The third-order valence-corrected chi connectivity index (χ3v) is 1.89. The molecule has 1 atom stereocenters. The van der Waals surface area contributed by atoms with Gasteiger partial charge in [0.25, 0.3) is 0 Å². The molecule has 0 fully saturated rings. The highest BCUT2D eigenvalue weighted by Gasteiger charge is 2.07. The van der Waals surface area contributed by atoms with Crippen molar-refractivity contribution in [2.45, 2.75) is 19.4 Å². The Hall–Kier alpha value is -1.28. The van der Waals surface area contributed by atoms with Gasteiger partial charge in [0.1, 0.15) is 5.76 Å². The Balaban J connectivity index is 2.72. The van der Waals surface area contributed by atoms with Crippen LogP contribution in [0.15, 0.2) is 48.5 Å². The van der Waals surface area contributed by atoms with E-state index in [1.165, 1.54) is 6.26 Å². The Kier molecular flexibility index (Phi) is 3.53. The van der Waals surface area contributed by atoms with E-state index in [1.807, 2.05) is 25.2 Å². The van der Waals surface area contributed by atoms with Gasteiger partial charge in [0.05, 0.1) is 6.26 Å². The Bertz CT molecular complexity index is 274. The van der Waals surface area contributed by atoms with E-state index < -0.39 is 0 Å². The molecule has 0 spiro atoms. The summed E-state index contributed by atoms with van der Waals surface area (Å²) in [7, 11) is 0. The van der Waals surface area contributed by atoms with E-state index in [0.29, 0.717) is 0 Å². The molecule has 0 saturated carbocycles. The molecule has 0 aliphatic heterocycles. The zero-order valence-electron chi connectivity index (χ0n) is 7.86. The second-order valence-corrected chi connectivity index (χ2v) is 2.86. The molecule has 13 heavy (non-hydrogen) atoms. The molecule has 1 rings (SSSR count). The predicted octanol–water partition coefficient (Wildman–Crippen LogP) is 2.26. The van der Waals surface area contributed by atoms with Crippen LogP contribution in [0.5, 0.6) is 0 Å². The third kappa shape index (κ3) is 2.60. The largest absolute Gasteiger partial charge is 0.465 e. The lowest BCUT2D eigenvalue weighted by atomic mass is 10.0. The maximum absolute atomic E-state index is 5.70. The van der Waals surface area contributed by atoms with E-state index in [1.54, 1.807) is 0 Å². The molecule has 0 aromatic rings. The summed E-state index contributed by atoms with van der Waals surface area (Å²) in [6, 6.07) is 0.144. The maximum Gasteiger partial charge on any atom is 0.129 e. The lowest BCUT2D eigenvalue weighted by Crippen LogP contribution is -2.17. The summed E-state index contributed by atoms with van der Waals surface area (Å²) >= 11 is 0. The number of hydrogen-bond donors (Lipinski definition) is 1. The molecule has 2 heteroatoms. The fourth-order valence-electron chi connectivity index (χ4n) is 1.21. The Labute approximate surface area is 79.1 Å². The molecule has 0 saturated heterocycles. The van der Waals surface area contributed by atoms with Crippen molar-refractivity contribution in [1.29, 1.82) is 0 Å². The second kappa shape index (κ2) is 4.67. The minimum Gasteiger partial charge on any atom is -0.465 e. The molecule has 0 amide bonds. The summed E-state index contributed by atoms with van der Waals surface area (Å²) < 4.78 is 5.23. The molecular weight excluding hydrogens is 162 g/mol. The number of rotatable bonds is 3. The normalized spacial score (nSPS) is 22.5. The second-order valence-electron chi connectivity index (χ2n) is 2.86. The van der Waals surface area contributed by atoms with E-state index in [4.69, 9.17) is 10.5 Å². The van der Waals surface area contributed by atoms with Crippen molar-refractivity contribution >= 4 is 0 Å². The van der Waals surface area contributed by atoms with Gasteiger partial charge in [-0.05, 0) is 19.4 Å². The fraction of sp³-hybridized carbons (Fsp3) is 0.273. The first-order valence-corrected chi connectivity index (χ1v) is 4.36. The third-order valence-electron chi connectivity index (χ3n) is 1.89. The standard InChI is InChI=1S/C11H15NO/c1-3-11(13-4-2)9-5-7-10(12)8-6-9/h3-7,10H,2,8,12H2,1H3/b11-3-/t10-/m0/s1. The fourth-order valence-corrected chi connectivity index (χ4v) is 1.21. The number of hydrogen-bond acceptors (Lipinski definition) is 2. The van der Waals surface area contributed by atoms with Crippen LogP contribution in [0.2, 0.25) is 0 Å². The van der Waals surface area contributed by atoms with E-state index in [9.17, 15) is 0 Å². The van der Waals surface area contributed by atoms with Crippen LogP contribution in [-0.2, 0) is 4.74 Å². The van der Waals surface area contributed by atoms with Crippen LogP contribution in [0, 0.1) is 0 Å².